The SMILES string of the molecule is [2H]C([2H])([2H])c1ccc(-n2c(-c3cc(C(C)(C)C)cc(C(C)(C)C)c3O)nc3c(-c4[c-]c(-c5cc(-c6ccccc6)ccn5)cc(-c5ccccc5)c4)cccc32)c(-c2ccc(C(C)(C)C)cc2)c1.[Pt]. The number of rotatable bonds is 7. The van der Waals surface area contributed by atoms with Gasteiger partial charge in [-0.15, -0.1) is 23.8 Å². The molecular weight excluding hydrogens is 986 g/mol. The molecule has 0 aliphatic carbocycles. The van der Waals surface area contributed by atoms with Crippen LogP contribution in [0.5, 0.6) is 5.75 Å². The van der Waals surface area contributed by atoms with Crippen LogP contribution in [0.4, 0.5) is 0 Å². The average Bonchev–Trinajstić information content (AvgIpc) is 3.70. The van der Waals surface area contributed by atoms with Crippen LogP contribution in [0.15, 0.2) is 164 Å². The molecule has 2 heterocycles. The van der Waals surface area contributed by atoms with E-state index in [0.717, 1.165) is 78.1 Å². The second-order valence-electron chi connectivity index (χ2n) is 20.3. The normalized spacial score (nSPS) is 12.9. The molecule has 0 aliphatic rings. The first-order valence-corrected chi connectivity index (χ1v) is 22.5. The molecule has 0 saturated heterocycles. The number of benzene rings is 7. The van der Waals surface area contributed by atoms with Gasteiger partial charge in [-0.3, -0.25) is 9.55 Å². The third-order valence-corrected chi connectivity index (χ3v) is 12.4. The quantitative estimate of drug-likeness (QED) is 0.162. The fraction of sp³-hybridized carbons (Fsp3) is 0.213. The van der Waals surface area contributed by atoms with Gasteiger partial charge in [-0.1, -0.05) is 200 Å². The van der Waals surface area contributed by atoms with Gasteiger partial charge >= 0.3 is 0 Å². The van der Waals surface area contributed by atoms with Crippen LogP contribution in [0.2, 0.25) is 0 Å². The number of hydrogen-bond acceptors (Lipinski definition) is 3. The van der Waals surface area contributed by atoms with E-state index in [1.807, 2.05) is 60.8 Å². The minimum atomic E-state index is -2.35. The van der Waals surface area contributed by atoms with E-state index in [2.05, 4.69) is 164 Å². The van der Waals surface area contributed by atoms with Crippen molar-refractivity contribution >= 4 is 11.0 Å². The second-order valence-corrected chi connectivity index (χ2v) is 20.3. The van der Waals surface area contributed by atoms with Crippen molar-refractivity contribution in [2.45, 2.75) is 85.4 Å². The second kappa shape index (κ2) is 17.8. The maximum atomic E-state index is 12.6. The van der Waals surface area contributed by atoms with Crippen LogP contribution in [0.3, 0.4) is 0 Å². The molecule has 0 spiro atoms. The number of para-hydroxylation sites is 1. The number of hydrogen-bond donors (Lipinski definition) is 1. The molecule has 9 aromatic rings. The van der Waals surface area contributed by atoms with Gasteiger partial charge in [-0.25, -0.2) is 4.98 Å². The molecule has 2 aromatic heterocycles. The molecule has 334 valence electrons. The van der Waals surface area contributed by atoms with E-state index in [9.17, 15) is 5.11 Å². The Morgan fingerprint density at radius 1 is 0.530 bits per heavy atom. The molecule has 4 nitrogen and oxygen atoms in total. The summed E-state index contributed by atoms with van der Waals surface area (Å²) in [7, 11) is 0. The van der Waals surface area contributed by atoms with Gasteiger partial charge in [0.1, 0.15) is 11.6 Å². The molecule has 0 unspecified atom stereocenters. The van der Waals surface area contributed by atoms with E-state index in [1.54, 1.807) is 12.1 Å². The zero-order valence-electron chi connectivity index (χ0n) is 42.2. The van der Waals surface area contributed by atoms with Gasteiger partial charge in [0.2, 0.25) is 0 Å². The Morgan fingerprint density at radius 2 is 1.18 bits per heavy atom. The Morgan fingerprint density at radius 3 is 1.82 bits per heavy atom. The van der Waals surface area contributed by atoms with Crippen molar-refractivity contribution in [1.29, 1.82) is 0 Å². The van der Waals surface area contributed by atoms with Gasteiger partial charge in [-0.05, 0) is 86.8 Å². The van der Waals surface area contributed by atoms with Crippen LogP contribution >= 0.6 is 0 Å². The molecule has 9 rings (SSSR count). The number of nitrogens with zero attached hydrogens (tertiary/aromatic N) is 3. The summed E-state index contributed by atoms with van der Waals surface area (Å²) in [4.78, 5) is 10.5. The summed E-state index contributed by atoms with van der Waals surface area (Å²) in [5, 5.41) is 12.6. The van der Waals surface area contributed by atoms with Crippen LogP contribution < -0.4 is 0 Å². The van der Waals surface area contributed by atoms with Crippen LogP contribution in [0.25, 0.3) is 83.9 Å². The minimum absolute atomic E-state index is 0. The third-order valence-electron chi connectivity index (χ3n) is 12.4. The van der Waals surface area contributed by atoms with Gasteiger partial charge in [0.15, 0.2) is 0 Å². The fourth-order valence-corrected chi connectivity index (χ4v) is 8.70. The van der Waals surface area contributed by atoms with E-state index in [-0.39, 0.29) is 43.2 Å². The molecule has 0 bridgehead atoms. The van der Waals surface area contributed by atoms with Crippen molar-refractivity contribution in [1.82, 2.24) is 14.5 Å². The molecule has 0 saturated carbocycles. The number of pyridine rings is 1. The number of phenols is 1. The van der Waals surface area contributed by atoms with Crippen LogP contribution in [0, 0.1) is 12.9 Å². The molecule has 5 heteroatoms. The third kappa shape index (κ3) is 9.09. The summed E-state index contributed by atoms with van der Waals surface area (Å²) in [6.45, 7) is 17.1. The molecule has 0 radical (unpaired) electrons. The Labute approximate surface area is 410 Å². The van der Waals surface area contributed by atoms with Crippen LogP contribution in [-0.2, 0) is 37.3 Å². The topological polar surface area (TPSA) is 50.9 Å². The van der Waals surface area contributed by atoms with Crippen molar-refractivity contribution in [3.8, 4) is 78.6 Å². The van der Waals surface area contributed by atoms with Crippen molar-refractivity contribution in [2.24, 2.45) is 0 Å². The summed E-state index contributed by atoms with van der Waals surface area (Å²) in [5.41, 5.74) is 14.4. The summed E-state index contributed by atoms with van der Waals surface area (Å²) in [6, 6.07) is 57.0. The van der Waals surface area contributed by atoms with E-state index >= 15 is 0 Å². The van der Waals surface area contributed by atoms with Crippen LogP contribution in [0.1, 0.15) is 88.7 Å². The Balaban J connectivity index is 0.00000642. The monoisotopic (exact) mass is 1050 g/mol. The molecule has 1 N–H and O–H groups in total. The fourth-order valence-electron chi connectivity index (χ4n) is 8.70. The van der Waals surface area contributed by atoms with Gasteiger partial charge in [0.25, 0.3) is 0 Å². The van der Waals surface area contributed by atoms with E-state index in [0.29, 0.717) is 16.9 Å². The molecule has 0 atom stereocenters. The van der Waals surface area contributed by atoms with Gasteiger partial charge in [0.05, 0.1) is 22.3 Å². The van der Waals surface area contributed by atoms with Gasteiger partial charge in [0, 0.05) is 48.2 Å². The predicted molar refractivity (Wildman–Crippen MR) is 273 cm³/mol. The molecule has 7 aromatic carbocycles. The summed E-state index contributed by atoms with van der Waals surface area (Å²) in [5.74, 6) is 0.690. The van der Waals surface area contributed by atoms with Crippen molar-refractivity contribution in [3.63, 3.8) is 0 Å². The number of aromatic hydroxyl groups is 1. The maximum Gasteiger partial charge on any atom is 0.148 e. The molecule has 0 aliphatic heterocycles. The number of aryl methyl sites for hydroxylation is 1. The summed E-state index contributed by atoms with van der Waals surface area (Å²) >= 11 is 0. The zero-order chi connectivity index (χ0) is 48.3. The Kier molecular flexibility index (Phi) is 11.4. The molecular formula is C61H58N3OPt-. The Hall–Kier alpha value is -6.35. The smallest absolute Gasteiger partial charge is 0.148 e. The van der Waals surface area contributed by atoms with Gasteiger partial charge < -0.3 is 5.11 Å². The maximum absolute atomic E-state index is 12.6. The molecule has 0 fully saturated rings. The van der Waals surface area contributed by atoms with Crippen molar-refractivity contribution in [3.05, 3.63) is 192 Å². The van der Waals surface area contributed by atoms with E-state index in [1.165, 1.54) is 5.56 Å². The molecule has 0 amide bonds. The molecule has 66 heavy (non-hydrogen) atoms. The van der Waals surface area contributed by atoms with Crippen LogP contribution in [-0.4, -0.2) is 19.6 Å². The average molecular weight is 1050 g/mol. The number of imidazole rings is 1. The predicted octanol–water partition coefficient (Wildman–Crippen LogP) is 16.1. The van der Waals surface area contributed by atoms with Crippen molar-refractivity contribution in [2.75, 3.05) is 0 Å². The first kappa shape index (κ1) is 42.3. The first-order valence-electron chi connectivity index (χ1n) is 24.0. The first-order chi connectivity index (χ1) is 32.1. The standard InChI is InChI=1S/C61H58N3O.Pt/c1-39-24-29-54(50(32-39)42-25-27-47(28-26-42)59(2,3)4)64-55-23-17-22-49(56(55)63-58(64)51-37-48(60(5,6)7)38-52(57(51)65)61(8,9)10)45-33-44(41-20-15-12-16-21-41)34-46(35-45)53-36-43(30-31-62-53)40-18-13-11-14-19-40;/h11-34,36-38,65H,1-10H3;/q-1;/i1D3;. The van der Waals surface area contributed by atoms with Gasteiger partial charge in [-0.2, -0.15) is 0 Å². The van der Waals surface area contributed by atoms with E-state index < -0.39 is 12.3 Å². The number of phenolic OH excluding ortho intramolecular Hbond substituents is 1. The minimum Gasteiger partial charge on any atom is -0.507 e. The summed E-state index contributed by atoms with van der Waals surface area (Å²) < 4.78 is 27.6. The van der Waals surface area contributed by atoms with Crippen molar-refractivity contribution < 1.29 is 30.3 Å². The zero-order valence-corrected chi connectivity index (χ0v) is 41.5. The Bertz CT molecular complexity index is 3320. The summed E-state index contributed by atoms with van der Waals surface area (Å²) in [6.07, 6.45) is 1.85. The number of aromatic nitrogens is 3. The largest absolute Gasteiger partial charge is 0.507 e. The van der Waals surface area contributed by atoms with E-state index in [4.69, 9.17) is 14.1 Å². The number of fused-ring (bicyclic) bond motifs is 1.